The number of carbonyl (C=O) groups is 1. The molecule has 30 heavy (non-hydrogen) atoms. The van der Waals surface area contributed by atoms with Crippen LogP contribution in [0.5, 0.6) is 5.75 Å². The Bertz CT molecular complexity index is 1010. The fourth-order valence-corrected chi connectivity index (χ4v) is 3.54. The molecule has 3 aromatic rings. The van der Waals surface area contributed by atoms with Crippen LogP contribution in [0.4, 0.5) is 4.39 Å². The van der Waals surface area contributed by atoms with Gasteiger partial charge in [-0.15, -0.1) is 16.8 Å². The van der Waals surface area contributed by atoms with Crippen molar-refractivity contribution in [2.24, 2.45) is 0 Å². The molecule has 0 saturated heterocycles. The third-order valence-electron chi connectivity index (χ3n) is 4.05. The molecular weight excluding hydrogens is 427 g/mol. The van der Waals surface area contributed by atoms with Crippen molar-refractivity contribution in [1.29, 1.82) is 0 Å². The molecule has 0 bridgehead atoms. The highest BCUT2D eigenvalue weighted by Gasteiger charge is 2.14. The Morgan fingerprint density at radius 2 is 2.00 bits per heavy atom. The number of hydrogen-bond acceptors (Lipinski definition) is 5. The molecule has 0 radical (unpaired) electrons. The van der Waals surface area contributed by atoms with Gasteiger partial charge in [0.2, 0.25) is 5.91 Å². The third kappa shape index (κ3) is 6.08. The highest BCUT2D eigenvalue weighted by molar-refractivity contribution is 7.99. The van der Waals surface area contributed by atoms with Gasteiger partial charge >= 0.3 is 0 Å². The molecule has 6 nitrogen and oxygen atoms in total. The molecule has 0 spiro atoms. The van der Waals surface area contributed by atoms with Crippen LogP contribution in [0.2, 0.25) is 5.02 Å². The zero-order valence-electron chi connectivity index (χ0n) is 16.1. The van der Waals surface area contributed by atoms with E-state index in [-0.39, 0.29) is 24.1 Å². The summed E-state index contributed by atoms with van der Waals surface area (Å²) in [7, 11) is 0. The van der Waals surface area contributed by atoms with Crippen LogP contribution in [0.15, 0.2) is 66.3 Å². The van der Waals surface area contributed by atoms with Crippen molar-refractivity contribution in [2.45, 2.75) is 24.9 Å². The number of benzene rings is 2. The molecular formula is C21H20ClFN4O2S. The maximum atomic E-state index is 13.0. The molecule has 0 saturated carbocycles. The third-order valence-corrected chi connectivity index (χ3v) is 5.39. The van der Waals surface area contributed by atoms with Crippen molar-refractivity contribution < 1.29 is 13.9 Å². The summed E-state index contributed by atoms with van der Waals surface area (Å²) in [6.45, 7) is 4.74. The highest BCUT2D eigenvalue weighted by Crippen LogP contribution is 2.19. The maximum Gasteiger partial charge on any atom is 0.230 e. The first-order chi connectivity index (χ1) is 14.6. The first-order valence-electron chi connectivity index (χ1n) is 9.11. The number of aromatic nitrogens is 3. The van der Waals surface area contributed by atoms with Gasteiger partial charge in [0.1, 0.15) is 18.2 Å². The number of halogens is 2. The van der Waals surface area contributed by atoms with E-state index in [2.05, 4.69) is 22.1 Å². The maximum absolute atomic E-state index is 13.0. The molecule has 9 heteroatoms. The minimum Gasteiger partial charge on any atom is -0.486 e. The molecule has 1 N–H and O–H groups in total. The summed E-state index contributed by atoms with van der Waals surface area (Å²) in [6, 6.07) is 13.1. The fraction of sp³-hybridized carbons (Fsp3) is 0.190. The molecule has 0 fully saturated rings. The van der Waals surface area contributed by atoms with E-state index in [0.29, 0.717) is 34.8 Å². The number of rotatable bonds is 10. The normalized spacial score (nSPS) is 10.6. The Balaban J connectivity index is 1.56. The summed E-state index contributed by atoms with van der Waals surface area (Å²) < 4.78 is 20.5. The van der Waals surface area contributed by atoms with Gasteiger partial charge in [-0.05, 0) is 35.9 Å². The average molecular weight is 447 g/mol. The fourth-order valence-electron chi connectivity index (χ4n) is 2.54. The predicted molar refractivity (Wildman–Crippen MR) is 115 cm³/mol. The molecule has 1 heterocycles. The molecule has 1 amide bonds. The monoisotopic (exact) mass is 446 g/mol. The van der Waals surface area contributed by atoms with E-state index >= 15 is 0 Å². The number of nitrogens with one attached hydrogen (secondary N) is 1. The number of carbonyl (C=O) groups excluding carboxylic acids is 1. The molecule has 0 unspecified atom stereocenters. The van der Waals surface area contributed by atoms with E-state index in [1.807, 2.05) is 22.8 Å². The van der Waals surface area contributed by atoms with Crippen LogP contribution in [-0.4, -0.2) is 26.4 Å². The van der Waals surface area contributed by atoms with Gasteiger partial charge in [0.05, 0.1) is 5.75 Å². The van der Waals surface area contributed by atoms with E-state index in [1.165, 1.54) is 23.9 Å². The SMILES string of the molecule is C=CCn1c(COc2ccc(F)cc2)nnc1SCC(=O)NCc1ccccc1Cl. The quantitative estimate of drug-likeness (QED) is 0.372. The standard InChI is InChI=1S/C21H20ClFN4O2S/c1-2-11-27-19(13-29-17-9-7-16(23)8-10-17)25-26-21(27)30-14-20(28)24-12-15-5-3-4-6-18(15)22/h2-10H,1,11-14H2,(H,24,28). The van der Waals surface area contributed by atoms with Crippen molar-refractivity contribution >= 4 is 29.3 Å². The number of ether oxygens (including phenoxy) is 1. The highest BCUT2D eigenvalue weighted by atomic mass is 35.5. The van der Waals surface area contributed by atoms with Crippen LogP contribution in [0.1, 0.15) is 11.4 Å². The molecule has 156 valence electrons. The van der Waals surface area contributed by atoms with Crippen molar-refractivity contribution in [1.82, 2.24) is 20.1 Å². The van der Waals surface area contributed by atoms with E-state index in [9.17, 15) is 9.18 Å². The number of thioether (sulfide) groups is 1. The zero-order chi connectivity index (χ0) is 21.3. The molecule has 0 aliphatic heterocycles. The number of amides is 1. The summed E-state index contributed by atoms with van der Waals surface area (Å²) in [6.07, 6.45) is 1.71. The van der Waals surface area contributed by atoms with E-state index in [4.69, 9.17) is 16.3 Å². The molecule has 3 rings (SSSR count). The Morgan fingerprint density at radius 1 is 1.23 bits per heavy atom. The van der Waals surface area contributed by atoms with Crippen molar-refractivity contribution in [3.05, 3.63) is 83.4 Å². The summed E-state index contributed by atoms with van der Waals surface area (Å²) in [5, 5.41) is 12.3. The Kier molecular flexibility index (Phi) is 7.87. The molecule has 1 aromatic heterocycles. The molecule has 2 aromatic carbocycles. The van der Waals surface area contributed by atoms with Gasteiger partial charge in [0.15, 0.2) is 11.0 Å². The van der Waals surface area contributed by atoms with Crippen molar-refractivity contribution in [3.63, 3.8) is 0 Å². The Hall–Kier alpha value is -2.84. The minimum absolute atomic E-state index is 0.141. The van der Waals surface area contributed by atoms with Crippen LogP contribution in [0.25, 0.3) is 0 Å². The summed E-state index contributed by atoms with van der Waals surface area (Å²) in [5.74, 6) is 0.815. The van der Waals surface area contributed by atoms with Gasteiger partial charge in [-0.25, -0.2) is 4.39 Å². The minimum atomic E-state index is -0.330. The van der Waals surface area contributed by atoms with Crippen molar-refractivity contribution in [2.75, 3.05) is 5.75 Å². The largest absolute Gasteiger partial charge is 0.486 e. The van der Waals surface area contributed by atoms with E-state index in [1.54, 1.807) is 24.3 Å². The van der Waals surface area contributed by atoms with Gasteiger partial charge in [-0.2, -0.15) is 0 Å². The van der Waals surface area contributed by atoms with Crippen LogP contribution in [-0.2, 0) is 24.5 Å². The lowest BCUT2D eigenvalue weighted by Gasteiger charge is -2.09. The summed E-state index contributed by atoms with van der Waals surface area (Å²) in [4.78, 5) is 12.2. The van der Waals surface area contributed by atoms with E-state index < -0.39 is 0 Å². The lowest BCUT2D eigenvalue weighted by atomic mass is 10.2. The van der Waals surface area contributed by atoms with Gasteiger partial charge in [0.25, 0.3) is 0 Å². The van der Waals surface area contributed by atoms with Crippen LogP contribution >= 0.6 is 23.4 Å². The number of nitrogens with zero attached hydrogens (tertiary/aromatic N) is 3. The second-order valence-electron chi connectivity index (χ2n) is 6.20. The first-order valence-corrected chi connectivity index (χ1v) is 10.5. The Labute approximate surface area is 183 Å². The van der Waals surface area contributed by atoms with Gasteiger partial charge < -0.3 is 10.1 Å². The summed E-state index contributed by atoms with van der Waals surface area (Å²) >= 11 is 7.37. The number of hydrogen-bond donors (Lipinski definition) is 1. The first kappa shape index (κ1) is 21.9. The lowest BCUT2D eigenvalue weighted by Crippen LogP contribution is -2.24. The average Bonchev–Trinajstić information content (AvgIpc) is 3.13. The van der Waals surface area contributed by atoms with Gasteiger partial charge in [-0.1, -0.05) is 47.6 Å². The molecule has 0 aliphatic rings. The van der Waals surface area contributed by atoms with Gasteiger partial charge in [0, 0.05) is 18.1 Å². The van der Waals surface area contributed by atoms with E-state index in [0.717, 1.165) is 5.56 Å². The lowest BCUT2D eigenvalue weighted by molar-refractivity contribution is -0.118. The Morgan fingerprint density at radius 3 is 2.73 bits per heavy atom. The second kappa shape index (κ2) is 10.8. The van der Waals surface area contributed by atoms with Crippen LogP contribution in [0, 0.1) is 5.82 Å². The van der Waals surface area contributed by atoms with Crippen LogP contribution < -0.4 is 10.1 Å². The topological polar surface area (TPSA) is 69.0 Å². The smallest absolute Gasteiger partial charge is 0.230 e. The number of allylic oxidation sites excluding steroid dienone is 1. The second-order valence-corrected chi connectivity index (χ2v) is 7.55. The van der Waals surface area contributed by atoms with Crippen LogP contribution in [0.3, 0.4) is 0 Å². The summed E-state index contributed by atoms with van der Waals surface area (Å²) in [5.41, 5.74) is 0.854. The zero-order valence-corrected chi connectivity index (χ0v) is 17.6. The van der Waals surface area contributed by atoms with Gasteiger partial charge in [-0.3, -0.25) is 9.36 Å². The molecule has 0 aliphatic carbocycles. The molecule has 0 atom stereocenters. The predicted octanol–water partition coefficient (Wildman–Crippen LogP) is 4.24. The van der Waals surface area contributed by atoms with Crippen molar-refractivity contribution in [3.8, 4) is 5.75 Å².